The summed E-state index contributed by atoms with van der Waals surface area (Å²) in [5.74, 6) is 0.555. The number of hydrogen-bond acceptors (Lipinski definition) is 4. The molecule has 4 heteroatoms. The van der Waals surface area contributed by atoms with Gasteiger partial charge in [0.15, 0.2) is 6.23 Å². The summed E-state index contributed by atoms with van der Waals surface area (Å²) in [6.45, 7) is 1.94. The molecule has 0 saturated heterocycles. The summed E-state index contributed by atoms with van der Waals surface area (Å²) in [6.07, 6.45) is 3.10. The van der Waals surface area contributed by atoms with Crippen LogP contribution in [-0.2, 0) is 4.74 Å². The van der Waals surface area contributed by atoms with E-state index in [0.717, 1.165) is 11.3 Å². The van der Waals surface area contributed by atoms with Crippen LogP contribution in [0.5, 0.6) is 0 Å². The Morgan fingerprint density at radius 3 is 3.08 bits per heavy atom. The Hall–Kier alpha value is -1.71. The molecule has 1 unspecified atom stereocenters. The highest BCUT2D eigenvalue weighted by molar-refractivity contribution is 5.20. The predicted octanol–water partition coefficient (Wildman–Crippen LogP) is 0.766. The first-order valence-electron chi connectivity index (χ1n) is 4.06. The Morgan fingerprint density at radius 2 is 2.46 bits per heavy atom. The number of nitrogens with zero attached hydrogens (tertiary/aromatic N) is 1. The number of nitrogens with two attached hydrogens (primary N) is 1. The first-order chi connectivity index (χ1) is 6.25. The number of hydrogen-bond donors (Lipinski definition) is 2. The molecule has 0 bridgehead atoms. The van der Waals surface area contributed by atoms with Crippen LogP contribution in [0.3, 0.4) is 0 Å². The molecule has 68 valence electrons. The summed E-state index contributed by atoms with van der Waals surface area (Å²) >= 11 is 0. The molecule has 0 amide bonds. The number of aryl methyl sites for hydroxylation is 1. The molecule has 0 aromatic carbocycles. The van der Waals surface area contributed by atoms with Crippen LogP contribution >= 0.6 is 0 Å². The Morgan fingerprint density at radius 1 is 1.62 bits per heavy atom. The maximum atomic E-state index is 5.51. The van der Waals surface area contributed by atoms with Gasteiger partial charge in [-0.15, -0.1) is 0 Å². The molecular formula is C9H11N3O. The quantitative estimate of drug-likeness (QED) is 0.665. The van der Waals surface area contributed by atoms with Gasteiger partial charge in [-0.3, -0.25) is 4.98 Å². The maximum absolute atomic E-state index is 5.51. The molecule has 1 aliphatic heterocycles. The average molecular weight is 177 g/mol. The third-order valence-corrected chi connectivity index (χ3v) is 1.85. The van der Waals surface area contributed by atoms with Crippen LogP contribution in [0.25, 0.3) is 0 Å². The minimum Gasteiger partial charge on any atom is -0.470 e. The number of ether oxygens (including phenoxy) is 1. The van der Waals surface area contributed by atoms with E-state index in [2.05, 4.69) is 10.3 Å². The largest absolute Gasteiger partial charge is 0.470 e. The number of pyridine rings is 1. The first-order valence-corrected chi connectivity index (χ1v) is 4.06. The van der Waals surface area contributed by atoms with Gasteiger partial charge >= 0.3 is 0 Å². The maximum Gasteiger partial charge on any atom is 0.196 e. The Balaban J connectivity index is 2.18. The third-order valence-electron chi connectivity index (χ3n) is 1.85. The molecule has 2 heterocycles. The van der Waals surface area contributed by atoms with Crippen LogP contribution in [0, 0.1) is 6.92 Å². The minimum absolute atomic E-state index is 0.165. The van der Waals surface area contributed by atoms with Gasteiger partial charge in [0.05, 0.1) is 0 Å². The van der Waals surface area contributed by atoms with E-state index in [9.17, 15) is 0 Å². The van der Waals surface area contributed by atoms with Gasteiger partial charge in [0.25, 0.3) is 0 Å². The van der Waals surface area contributed by atoms with Crippen molar-refractivity contribution in [2.75, 3.05) is 0 Å². The molecule has 1 atom stereocenters. The molecule has 1 aromatic heterocycles. The van der Waals surface area contributed by atoms with E-state index in [4.69, 9.17) is 10.5 Å². The van der Waals surface area contributed by atoms with Crippen molar-refractivity contribution in [3.05, 3.63) is 41.7 Å². The topological polar surface area (TPSA) is 60.2 Å². The van der Waals surface area contributed by atoms with Crippen LogP contribution in [0.15, 0.2) is 30.4 Å². The van der Waals surface area contributed by atoms with E-state index in [-0.39, 0.29) is 6.23 Å². The Kier molecular flexibility index (Phi) is 1.81. The number of nitrogens with one attached hydrogen (secondary N) is 1. The van der Waals surface area contributed by atoms with Crippen LogP contribution < -0.4 is 11.1 Å². The van der Waals surface area contributed by atoms with E-state index >= 15 is 0 Å². The average Bonchev–Trinajstić information content (AvgIpc) is 2.52. The van der Waals surface area contributed by atoms with Gasteiger partial charge in [0.1, 0.15) is 12.1 Å². The van der Waals surface area contributed by atoms with Crippen molar-refractivity contribution in [3.8, 4) is 0 Å². The Labute approximate surface area is 76.4 Å². The smallest absolute Gasteiger partial charge is 0.196 e. The molecule has 3 N–H and O–H groups in total. The summed E-state index contributed by atoms with van der Waals surface area (Å²) in [5.41, 5.74) is 7.51. The SMILES string of the molecule is Cc1cc(C2NC(N)=CO2)ccn1. The van der Waals surface area contributed by atoms with Gasteiger partial charge in [0, 0.05) is 17.5 Å². The summed E-state index contributed by atoms with van der Waals surface area (Å²) in [4.78, 5) is 4.10. The van der Waals surface area contributed by atoms with Gasteiger partial charge in [-0.2, -0.15) is 0 Å². The molecule has 0 spiro atoms. The fourth-order valence-corrected chi connectivity index (χ4v) is 1.25. The van der Waals surface area contributed by atoms with Crippen molar-refractivity contribution >= 4 is 0 Å². The number of rotatable bonds is 1. The van der Waals surface area contributed by atoms with Gasteiger partial charge in [0.2, 0.25) is 0 Å². The standard InChI is InChI=1S/C9H11N3O/c1-6-4-7(2-3-11-6)9-12-8(10)5-13-9/h2-5,9,12H,10H2,1H3. The zero-order valence-electron chi connectivity index (χ0n) is 7.32. The molecule has 1 aliphatic rings. The van der Waals surface area contributed by atoms with Crippen LogP contribution in [-0.4, -0.2) is 4.98 Å². The molecule has 2 rings (SSSR count). The highest BCUT2D eigenvalue weighted by Gasteiger charge is 2.16. The highest BCUT2D eigenvalue weighted by Crippen LogP contribution is 2.19. The molecule has 0 radical (unpaired) electrons. The zero-order valence-corrected chi connectivity index (χ0v) is 7.32. The van der Waals surface area contributed by atoms with Gasteiger partial charge in [-0.1, -0.05) is 0 Å². The fraction of sp³-hybridized carbons (Fsp3) is 0.222. The van der Waals surface area contributed by atoms with Crippen molar-refractivity contribution in [2.45, 2.75) is 13.2 Å². The minimum atomic E-state index is -0.165. The van der Waals surface area contributed by atoms with Gasteiger partial charge in [-0.25, -0.2) is 0 Å². The summed E-state index contributed by atoms with van der Waals surface area (Å²) in [5, 5.41) is 2.99. The van der Waals surface area contributed by atoms with Crippen molar-refractivity contribution in [1.82, 2.24) is 10.3 Å². The van der Waals surface area contributed by atoms with Crippen molar-refractivity contribution in [3.63, 3.8) is 0 Å². The van der Waals surface area contributed by atoms with E-state index < -0.39 is 0 Å². The van der Waals surface area contributed by atoms with Crippen molar-refractivity contribution < 1.29 is 4.74 Å². The summed E-state index contributed by atoms with van der Waals surface area (Å²) in [7, 11) is 0. The van der Waals surface area contributed by atoms with Gasteiger partial charge in [-0.05, 0) is 19.1 Å². The van der Waals surface area contributed by atoms with Crippen molar-refractivity contribution in [2.24, 2.45) is 5.73 Å². The number of aromatic nitrogens is 1. The van der Waals surface area contributed by atoms with Gasteiger partial charge < -0.3 is 15.8 Å². The van der Waals surface area contributed by atoms with E-state index in [1.807, 2.05) is 19.1 Å². The van der Waals surface area contributed by atoms with E-state index in [1.54, 1.807) is 6.20 Å². The second-order valence-electron chi connectivity index (χ2n) is 2.96. The molecule has 0 aliphatic carbocycles. The second-order valence-corrected chi connectivity index (χ2v) is 2.96. The van der Waals surface area contributed by atoms with Crippen LogP contribution in [0.1, 0.15) is 17.5 Å². The molecular weight excluding hydrogens is 166 g/mol. The molecule has 4 nitrogen and oxygen atoms in total. The van der Waals surface area contributed by atoms with Crippen LogP contribution in [0.4, 0.5) is 0 Å². The lowest BCUT2D eigenvalue weighted by atomic mass is 10.2. The molecule has 13 heavy (non-hydrogen) atoms. The molecule has 0 fully saturated rings. The third kappa shape index (κ3) is 1.56. The van der Waals surface area contributed by atoms with E-state index in [1.165, 1.54) is 6.26 Å². The normalized spacial score (nSPS) is 20.4. The predicted molar refractivity (Wildman–Crippen MR) is 48.2 cm³/mol. The Bertz CT molecular complexity index is 348. The lowest BCUT2D eigenvalue weighted by molar-refractivity contribution is 0.154. The lowest BCUT2D eigenvalue weighted by Crippen LogP contribution is -2.19. The van der Waals surface area contributed by atoms with Crippen molar-refractivity contribution in [1.29, 1.82) is 0 Å². The summed E-state index contributed by atoms with van der Waals surface area (Å²) < 4.78 is 5.28. The monoisotopic (exact) mass is 177 g/mol. The fourth-order valence-electron chi connectivity index (χ4n) is 1.25. The molecule has 1 aromatic rings. The first kappa shape index (κ1) is 7.91. The zero-order chi connectivity index (χ0) is 9.26. The highest BCUT2D eigenvalue weighted by atomic mass is 16.5. The molecule has 0 saturated carbocycles. The summed E-state index contributed by atoms with van der Waals surface area (Å²) in [6, 6.07) is 3.86. The second kappa shape index (κ2) is 2.97. The van der Waals surface area contributed by atoms with E-state index in [0.29, 0.717) is 5.82 Å². The lowest BCUT2D eigenvalue weighted by Gasteiger charge is -2.11. The van der Waals surface area contributed by atoms with Crippen LogP contribution in [0.2, 0.25) is 0 Å².